The molecule has 58 valence electrons. The fraction of sp³-hybridized carbons (Fsp3) is 0.714. The maximum absolute atomic E-state index is 6.02. The molecule has 2 atom stereocenters. The van der Waals surface area contributed by atoms with Crippen LogP contribution in [0.4, 0.5) is 0 Å². The summed E-state index contributed by atoms with van der Waals surface area (Å²) in [5.41, 5.74) is 0.0312. The summed E-state index contributed by atoms with van der Waals surface area (Å²) in [5.74, 6) is 0. The molecule has 0 saturated heterocycles. The lowest BCUT2D eigenvalue weighted by molar-refractivity contribution is 0.250. The highest BCUT2D eigenvalue weighted by Gasteiger charge is 2.23. The largest absolute Gasteiger partial charge is 0.283 e. The molecular weight excluding hydrogens is 213 g/mol. The zero-order chi connectivity index (χ0) is 7.72. The second-order valence-electron chi connectivity index (χ2n) is 2.67. The maximum atomic E-state index is 6.02. The minimum absolute atomic E-state index is 0.0312. The molecule has 10 heavy (non-hydrogen) atoms. The van der Waals surface area contributed by atoms with Crippen LogP contribution >= 0.6 is 27.5 Å². The van der Waals surface area contributed by atoms with Gasteiger partial charge in [-0.1, -0.05) is 33.6 Å². The number of halogens is 2. The van der Waals surface area contributed by atoms with Gasteiger partial charge in [0.1, 0.15) is 5.50 Å². The minimum atomic E-state index is 0.0312. The van der Waals surface area contributed by atoms with Crippen LogP contribution in [0.15, 0.2) is 10.6 Å². The molecule has 1 rings (SSSR count). The predicted octanol–water partition coefficient (Wildman–Crippen LogP) is 2.55. The summed E-state index contributed by atoms with van der Waals surface area (Å²) in [6, 6.07) is 0.559. The Morgan fingerprint density at radius 3 is 2.90 bits per heavy atom. The Kier molecular flexibility index (Phi) is 2.78. The fourth-order valence-corrected chi connectivity index (χ4v) is 1.76. The summed E-state index contributed by atoms with van der Waals surface area (Å²) in [7, 11) is 2.04. The van der Waals surface area contributed by atoms with E-state index in [-0.39, 0.29) is 5.50 Å². The van der Waals surface area contributed by atoms with Crippen molar-refractivity contribution < 1.29 is 0 Å². The van der Waals surface area contributed by atoms with Gasteiger partial charge >= 0.3 is 0 Å². The third-order valence-corrected chi connectivity index (χ3v) is 3.50. The molecule has 1 nitrogen and oxygen atoms in total. The van der Waals surface area contributed by atoms with E-state index in [2.05, 4.69) is 33.8 Å². The molecule has 0 saturated carbocycles. The smallest absolute Gasteiger partial charge is 0.117 e. The Labute approximate surface area is 75.2 Å². The van der Waals surface area contributed by atoms with Gasteiger partial charge in [0.2, 0.25) is 0 Å². The van der Waals surface area contributed by atoms with E-state index in [0.29, 0.717) is 6.04 Å². The van der Waals surface area contributed by atoms with Crippen molar-refractivity contribution >= 4 is 27.5 Å². The molecule has 0 bridgehead atoms. The number of hydrogen-bond acceptors (Lipinski definition) is 1. The second-order valence-corrected chi connectivity index (χ2v) is 4.00. The molecule has 0 aromatic rings. The first kappa shape index (κ1) is 8.57. The summed E-state index contributed by atoms with van der Waals surface area (Å²) in [6.07, 6.45) is 3.22. The lowest BCUT2D eigenvalue weighted by Crippen LogP contribution is -2.38. The Balaban J connectivity index is 2.71. The Hall–Kier alpha value is 0.470. The summed E-state index contributed by atoms with van der Waals surface area (Å²) >= 11 is 9.43. The van der Waals surface area contributed by atoms with Gasteiger partial charge in [-0.25, -0.2) is 0 Å². The van der Waals surface area contributed by atoms with Crippen LogP contribution in [0.3, 0.4) is 0 Å². The zero-order valence-electron chi connectivity index (χ0n) is 6.14. The highest BCUT2D eigenvalue weighted by molar-refractivity contribution is 9.11. The van der Waals surface area contributed by atoms with E-state index in [4.69, 9.17) is 11.6 Å². The van der Waals surface area contributed by atoms with Gasteiger partial charge in [-0.2, -0.15) is 0 Å². The van der Waals surface area contributed by atoms with Crippen molar-refractivity contribution in [2.24, 2.45) is 0 Å². The minimum Gasteiger partial charge on any atom is -0.283 e. The number of alkyl halides is 1. The summed E-state index contributed by atoms with van der Waals surface area (Å²) in [4.78, 5) is 2.14. The zero-order valence-corrected chi connectivity index (χ0v) is 8.48. The lowest BCUT2D eigenvalue weighted by atomic mass is 10.1. The van der Waals surface area contributed by atoms with E-state index in [9.17, 15) is 0 Å². The van der Waals surface area contributed by atoms with Crippen LogP contribution in [0.1, 0.15) is 13.3 Å². The van der Waals surface area contributed by atoms with Crippen LogP contribution in [0.2, 0.25) is 0 Å². The normalized spacial score (nSPS) is 35.8. The van der Waals surface area contributed by atoms with Crippen LogP contribution in [0.5, 0.6) is 0 Å². The molecule has 2 unspecified atom stereocenters. The Morgan fingerprint density at radius 2 is 2.40 bits per heavy atom. The van der Waals surface area contributed by atoms with Crippen LogP contribution in [0.25, 0.3) is 0 Å². The summed E-state index contributed by atoms with van der Waals surface area (Å²) < 4.78 is 1.09. The van der Waals surface area contributed by atoms with Gasteiger partial charge in [0.05, 0.1) is 0 Å². The molecule has 3 heteroatoms. The summed E-state index contributed by atoms with van der Waals surface area (Å²) in [5, 5.41) is 0. The topological polar surface area (TPSA) is 3.24 Å². The van der Waals surface area contributed by atoms with E-state index in [1.807, 2.05) is 7.05 Å². The van der Waals surface area contributed by atoms with Crippen LogP contribution < -0.4 is 0 Å². The highest BCUT2D eigenvalue weighted by Crippen LogP contribution is 2.27. The van der Waals surface area contributed by atoms with Gasteiger partial charge in [-0.3, -0.25) is 4.90 Å². The van der Waals surface area contributed by atoms with Crippen molar-refractivity contribution in [1.29, 1.82) is 0 Å². The van der Waals surface area contributed by atoms with Gasteiger partial charge in [0.25, 0.3) is 0 Å². The quantitative estimate of drug-likeness (QED) is 0.452. The van der Waals surface area contributed by atoms with Gasteiger partial charge in [-0.05, 0) is 20.4 Å². The molecule has 0 aromatic carbocycles. The summed E-state index contributed by atoms with van der Waals surface area (Å²) in [6.45, 7) is 2.17. The van der Waals surface area contributed by atoms with Crippen molar-refractivity contribution in [2.45, 2.75) is 24.9 Å². The second kappa shape index (κ2) is 3.24. The van der Waals surface area contributed by atoms with Gasteiger partial charge in [0, 0.05) is 10.5 Å². The number of nitrogens with zero attached hydrogens (tertiary/aromatic N) is 1. The number of likely N-dealkylation sites (N-methyl/N-ethyl adjacent to an activating group) is 1. The van der Waals surface area contributed by atoms with Crippen LogP contribution in [-0.4, -0.2) is 23.5 Å². The van der Waals surface area contributed by atoms with E-state index in [1.165, 1.54) is 0 Å². The van der Waals surface area contributed by atoms with E-state index < -0.39 is 0 Å². The molecule has 0 radical (unpaired) electrons. The third-order valence-electron chi connectivity index (χ3n) is 1.93. The molecule has 0 aliphatic carbocycles. The van der Waals surface area contributed by atoms with Crippen molar-refractivity contribution in [2.75, 3.05) is 7.05 Å². The van der Waals surface area contributed by atoms with E-state index >= 15 is 0 Å². The molecule has 0 N–H and O–H groups in total. The molecule has 0 aromatic heterocycles. The van der Waals surface area contributed by atoms with E-state index in [1.54, 1.807) is 0 Å². The first-order chi connectivity index (χ1) is 4.63. The van der Waals surface area contributed by atoms with Crippen LogP contribution in [-0.2, 0) is 0 Å². The molecule has 0 amide bonds. The van der Waals surface area contributed by atoms with Crippen LogP contribution in [0, 0.1) is 0 Å². The fourth-order valence-electron chi connectivity index (χ4n) is 0.965. The standard InChI is InChI=1S/C7H11BrClN/c1-5-3-4-6(8)7(9)10(5)2/h4-5,7H,3H2,1-2H3. The van der Waals surface area contributed by atoms with Crippen molar-refractivity contribution in [3.8, 4) is 0 Å². The van der Waals surface area contributed by atoms with Crippen molar-refractivity contribution in [1.82, 2.24) is 4.90 Å². The average Bonchev–Trinajstić information content (AvgIpc) is 1.93. The first-order valence-electron chi connectivity index (χ1n) is 3.34. The number of rotatable bonds is 0. The Bertz CT molecular complexity index is 158. The van der Waals surface area contributed by atoms with Crippen molar-refractivity contribution in [3.05, 3.63) is 10.6 Å². The molecule has 1 heterocycles. The SMILES string of the molecule is CC1CC=C(Br)C(Cl)N1C. The van der Waals surface area contributed by atoms with Gasteiger partial charge < -0.3 is 0 Å². The van der Waals surface area contributed by atoms with Crippen molar-refractivity contribution in [3.63, 3.8) is 0 Å². The number of hydrogen-bond donors (Lipinski definition) is 0. The van der Waals surface area contributed by atoms with Gasteiger partial charge in [-0.15, -0.1) is 0 Å². The third kappa shape index (κ3) is 1.55. The maximum Gasteiger partial charge on any atom is 0.117 e. The molecular formula is C7H11BrClN. The molecule has 1 aliphatic heterocycles. The average molecular weight is 225 g/mol. The lowest BCUT2D eigenvalue weighted by Gasteiger charge is -2.32. The first-order valence-corrected chi connectivity index (χ1v) is 4.57. The highest BCUT2D eigenvalue weighted by atomic mass is 79.9. The Morgan fingerprint density at radius 1 is 1.80 bits per heavy atom. The monoisotopic (exact) mass is 223 g/mol. The molecule has 0 spiro atoms. The molecule has 1 aliphatic rings. The van der Waals surface area contributed by atoms with E-state index in [0.717, 1.165) is 10.9 Å². The molecule has 0 fully saturated rings. The van der Waals surface area contributed by atoms with Gasteiger partial charge in [0.15, 0.2) is 0 Å². The predicted molar refractivity (Wildman–Crippen MR) is 48.5 cm³/mol.